The Bertz CT molecular complexity index is 834. The Kier molecular flexibility index (Phi) is 3.41. The van der Waals surface area contributed by atoms with Gasteiger partial charge in [-0.25, -0.2) is 4.79 Å². The van der Waals surface area contributed by atoms with Crippen molar-refractivity contribution < 1.29 is 9.90 Å². The van der Waals surface area contributed by atoms with E-state index in [1.807, 2.05) is 30.6 Å². The van der Waals surface area contributed by atoms with E-state index >= 15 is 0 Å². The average molecular weight is 300 g/mol. The summed E-state index contributed by atoms with van der Waals surface area (Å²) in [5.41, 5.74) is 7.32. The number of amidine groups is 1. The molecule has 0 unspecified atom stereocenters. The quantitative estimate of drug-likeness (QED) is 0.574. The van der Waals surface area contributed by atoms with Crippen LogP contribution in [0.4, 0.5) is 4.79 Å². The average Bonchev–Trinajstić information content (AvgIpc) is 3.06. The molecule has 0 aromatic carbocycles. The van der Waals surface area contributed by atoms with Gasteiger partial charge in [-0.15, -0.1) is 11.3 Å². The molecule has 0 radical (unpaired) electrons. The number of nitrogens with two attached hydrogens (primary N) is 1. The van der Waals surface area contributed by atoms with E-state index in [0.29, 0.717) is 12.1 Å². The van der Waals surface area contributed by atoms with Gasteiger partial charge in [0.05, 0.1) is 18.3 Å². The van der Waals surface area contributed by atoms with E-state index in [4.69, 9.17) is 10.8 Å². The van der Waals surface area contributed by atoms with Gasteiger partial charge in [-0.2, -0.15) is 4.99 Å². The molecule has 3 aromatic rings. The summed E-state index contributed by atoms with van der Waals surface area (Å²) in [5.74, 6) is 0.0176. The Morgan fingerprint density at radius 3 is 3.14 bits per heavy atom. The Hall–Kier alpha value is -2.67. The Morgan fingerprint density at radius 2 is 2.33 bits per heavy atom. The zero-order chi connectivity index (χ0) is 14.8. The lowest BCUT2D eigenvalue weighted by atomic mass is 10.3. The molecule has 3 aromatic heterocycles. The molecule has 0 saturated heterocycles. The number of hydrogen-bond acceptors (Lipinski definition) is 3. The summed E-state index contributed by atoms with van der Waals surface area (Å²) in [7, 11) is 0. The lowest BCUT2D eigenvalue weighted by Crippen LogP contribution is -2.14. The predicted octanol–water partition coefficient (Wildman–Crippen LogP) is 2.53. The Labute approximate surface area is 124 Å². The molecule has 3 N–H and O–H groups in total. The number of aromatic nitrogens is 2. The van der Waals surface area contributed by atoms with Gasteiger partial charge in [0.2, 0.25) is 0 Å². The van der Waals surface area contributed by atoms with E-state index in [9.17, 15) is 4.79 Å². The lowest BCUT2D eigenvalue weighted by Gasteiger charge is -2.02. The van der Waals surface area contributed by atoms with Gasteiger partial charge in [-0.05, 0) is 18.2 Å². The molecule has 106 valence electrons. The van der Waals surface area contributed by atoms with Crippen LogP contribution >= 0.6 is 11.3 Å². The van der Waals surface area contributed by atoms with Crippen LogP contribution in [-0.2, 0) is 6.54 Å². The van der Waals surface area contributed by atoms with Crippen LogP contribution in [0, 0.1) is 0 Å². The number of carboxylic acid groups (broad SMARTS) is 1. The second-order valence-corrected chi connectivity index (χ2v) is 5.46. The molecule has 21 heavy (non-hydrogen) atoms. The summed E-state index contributed by atoms with van der Waals surface area (Å²) in [5, 5.41) is 11.5. The van der Waals surface area contributed by atoms with Crippen LogP contribution in [0.3, 0.4) is 0 Å². The van der Waals surface area contributed by atoms with E-state index in [1.165, 1.54) is 11.3 Å². The van der Waals surface area contributed by atoms with Crippen molar-refractivity contribution in [2.75, 3.05) is 0 Å². The van der Waals surface area contributed by atoms with Crippen LogP contribution in [0.15, 0.2) is 47.2 Å². The Morgan fingerprint density at radius 1 is 1.48 bits per heavy atom. The third-order valence-corrected chi connectivity index (χ3v) is 3.99. The molecule has 0 aliphatic heterocycles. The van der Waals surface area contributed by atoms with E-state index in [1.54, 1.807) is 11.6 Å². The van der Waals surface area contributed by atoms with Crippen LogP contribution in [-0.4, -0.2) is 26.6 Å². The monoisotopic (exact) mass is 300 g/mol. The minimum absolute atomic E-state index is 0.0176. The number of rotatable bonds is 3. The number of aliphatic imine (C=N–C) groups is 1. The maximum Gasteiger partial charge on any atom is 0.433 e. The third-order valence-electron chi connectivity index (χ3n) is 3.07. The van der Waals surface area contributed by atoms with Crippen molar-refractivity contribution in [3.05, 3.63) is 52.6 Å². The highest BCUT2D eigenvalue weighted by molar-refractivity contribution is 7.10. The fourth-order valence-corrected chi connectivity index (χ4v) is 2.98. The molecule has 3 heterocycles. The summed E-state index contributed by atoms with van der Waals surface area (Å²) in [6.45, 7) is 0.681. The smallest absolute Gasteiger partial charge is 0.433 e. The topological polar surface area (TPSA) is 93.5 Å². The first-order valence-corrected chi connectivity index (χ1v) is 7.05. The van der Waals surface area contributed by atoms with Crippen LogP contribution in [0.2, 0.25) is 0 Å². The van der Waals surface area contributed by atoms with Gasteiger partial charge in [-0.1, -0.05) is 0 Å². The van der Waals surface area contributed by atoms with Crippen molar-refractivity contribution in [3.63, 3.8) is 0 Å². The molecule has 6 nitrogen and oxygen atoms in total. The molecule has 0 aliphatic rings. The summed E-state index contributed by atoms with van der Waals surface area (Å²) in [4.78, 5) is 19.0. The van der Waals surface area contributed by atoms with Crippen LogP contribution in [0.1, 0.15) is 10.4 Å². The third kappa shape index (κ3) is 2.77. The lowest BCUT2D eigenvalue weighted by molar-refractivity contribution is 0.205. The fraction of sp³-hybridized carbons (Fsp3) is 0.0714. The number of pyridine rings is 1. The molecule has 0 fully saturated rings. The number of carbonyl (C=O) groups is 1. The summed E-state index contributed by atoms with van der Waals surface area (Å²) < 4.78 is 2.09. The summed E-state index contributed by atoms with van der Waals surface area (Å²) >= 11 is 1.52. The first kappa shape index (κ1) is 13.3. The molecular weight excluding hydrogens is 288 g/mol. The van der Waals surface area contributed by atoms with E-state index in [-0.39, 0.29) is 5.84 Å². The normalized spacial score (nSPS) is 11.9. The van der Waals surface area contributed by atoms with Crippen LogP contribution < -0.4 is 5.73 Å². The number of hydrogen-bond donors (Lipinski definition) is 2. The van der Waals surface area contributed by atoms with Gasteiger partial charge < -0.3 is 15.4 Å². The number of thiophene rings is 1. The predicted molar refractivity (Wildman–Crippen MR) is 81.9 cm³/mol. The largest absolute Gasteiger partial charge is 0.463 e. The number of nitrogens with zero attached hydrogens (tertiary/aromatic N) is 3. The first-order valence-electron chi connectivity index (χ1n) is 6.17. The highest BCUT2D eigenvalue weighted by atomic mass is 32.1. The second-order valence-electron chi connectivity index (χ2n) is 4.46. The van der Waals surface area contributed by atoms with Gasteiger partial charge in [0.25, 0.3) is 0 Å². The fourth-order valence-electron chi connectivity index (χ4n) is 2.10. The summed E-state index contributed by atoms with van der Waals surface area (Å²) in [6.07, 6.45) is 4.30. The van der Waals surface area contributed by atoms with Gasteiger partial charge in [0.15, 0.2) is 0 Å². The molecular formula is C14H12N4O2S. The highest BCUT2D eigenvalue weighted by Gasteiger charge is 2.07. The molecule has 1 amide bonds. The maximum atomic E-state index is 10.5. The molecule has 0 bridgehead atoms. The summed E-state index contributed by atoms with van der Waals surface area (Å²) in [6, 6.07) is 5.85. The minimum atomic E-state index is -1.29. The van der Waals surface area contributed by atoms with E-state index in [0.717, 1.165) is 15.8 Å². The Balaban J connectivity index is 1.86. The van der Waals surface area contributed by atoms with Gasteiger partial charge in [0, 0.05) is 33.6 Å². The molecule has 7 heteroatoms. The molecule has 0 saturated carbocycles. The standard InChI is InChI=1S/C14H12N4O2S/c15-13(17-14(19)20)10-5-11(21-8-10)7-18-4-2-9-1-3-16-6-12(9)18/h1-6,8H,7H2,(H2,15,17)(H,19,20). The SMILES string of the molecule is NC(=NC(=O)O)c1csc(Cn2ccc3ccncc32)c1. The van der Waals surface area contributed by atoms with Crippen molar-refractivity contribution in [3.8, 4) is 0 Å². The van der Waals surface area contributed by atoms with E-state index in [2.05, 4.69) is 14.5 Å². The number of amides is 1. The highest BCUT2D eigenvalue weighted by Crippen LogP contribution is 2.20. The van der Waals surface area contributed by atoms with Crippen LogP contribution in [0.5, 0.6) is 0 Å². The van der Waals surface area contributed by atoms with Crippen molar-refractivity contribution >= 4 is 34.2 Å². The zero-order valence-electron chi connectivity index (χ0n) is 10.9. The molecule has 0 atom stereocenters. The van der Waals surface area contributed by atoms with E-state index < -0.39 is 6.09 Å². The minimum Gasteiger partial charge on any atom is -0.463 e. The van der Waals surface area contributed by atoms with Gasteiger partial charge >= 0.3 is 6.09 Å². The van der Waals surface area contributed by atoms with Crippen LogP contribution in [0.25, 0.3) is 10.9 Å². The van der Waals surface area contributed by atoms with Crippen molar-refractivity contribution in [2.24, 2.45) is 10.7 Å². The van der Waals surface area contributed by atoms with Gasteiger partial charge in [0.1, 0.15) is 5.84 Å². The zero-order valence-corrected chi connectivity index (χ0v) is 11.7. The molecule has 0 spiro atoms. The van der Waals surface area contributed by atoms with Crippen molar-refractivity contribution in [1.29, 1.82) is 0 Å². The number of fused-ring (bicyclic) bond motifs is 1. The maximum absolute atomic E-state index is 10.5. The molecule has 3 rings (SSSR count). The second kappa shape index (κ2) is 5.37. The van der Waals surface area contributed by atoms with Crippen molar-refractivity contribution in [2.45, 2.75) is 6.54 Å². The van der Waals surface area contributed by atoms with Gasteiger partial charge in [-0.3, -0.25) is 4.98 Å². The van der Waals surface area contributed by atoms with Crippen molar-refractivity contribution in [1.82, 2.24) is 9.55 Å². The molecule has 0 aliphatic carbocycles. The first-order chi connectivity index (χ1) is 10.1.